The molecule has 23 heavy (non-hydrogen) atoms. The SMILES string of the molecule is COCCOCCOCCOC1=CC(C)C=C(C)C(C=O)=C1C. The molecule has 0 aromatic rings. The number of allylic oxidation sites excluding steroid dienone is 5. The maximum atomic E-state index is 11.3. The quantitative estimate of drug-likeness (QED) is 0.432. The average Bonchev–Trinajstić information content (AvgIpc) is 2.61. The molecule has 0 saturated carbocycles. The zero-order valence-electron chi connectivity index (χ0n) is 14.6. The second kappa shape index (κ2) is 11.2. The van der Waals surface area contributed by atoms with E-state index in [0.29, 0.717) is 45.2 Å². The first-order valence-electron chi connectivity index (χ1n) is 7.94. The molecule has 0 aromatic carbocycles. The summed E-state index contributed by atoms with van der Waals surface area (Å²) in [5, 5.41) is 0. The Morgan fingerprint density at radius 2 is 1.61 bits per heavy atom. The molecule has 5 heteroatoms. The van der Waals surface area contributed by atoms with Gasteiger partial charge in [-0.1, -0.05) is 13.0 Å². The molecule has 1 aliphatic rings. The van der Waals surface area contributed by atoms with E-state index in [0.717, 1.165) is 23.2 Å². The molecule has 0 aromatic heterocycles. The predicted octanol–water partition coefficient (Wildman–Crippen LogP) is 2.68. The summed E-state index contributed by atoms with van der Waals surface area (Å²) in [6, 6.07) is 0. The van der Waals surface area contributed by atoms with Crippen LogP contribution < -0.4 is 0 Å². The molecule has 0 aliphatic heterocycles. The summed E-state index contributed by atoms with van der Waals surface area (Å²) in [6.45, 7) is 9.09. The van der Waals surface area contributed by atoms with Crippen molar-refractivity contribution in [2.75, 3.05) is 46.8 Å². The highest BCUT2D eigenvalue weighted by molar-refractivity contribution is 5.82. The molecular weight excluding hydrogens is 296 g/mol. The third kappa shape index (κ3) is 7.12. The van der Waals surface area contributed by atoms with Crippen molar-refractivity contribution in [2.24, 2.45) is 5.92 Å². The number of rotatable bonds is 11. The molecule has 130 valence electrons. The Kier molecular flexibility index (Phi) is 9.52. The van der Waals surface area contributed by atoms with Gasteiger partial charge in [-0.3, -0.25) is 4.79 Å². The molecule has 1 rings (SSSR count). The van der Waals surface area contributed by atoms with Gasteiger partial charge < -0.3 is 18.9 Å². The van der Waals surface area contributed by atoms with E-state index in [1.807, 2.05) is 19.9 Å². The molecule has 0 spiro atoms. The van der Waals surface area contributed by atoms with Crippen molar-refractivity contribution in [3.63, 3.8) is 0 Å². The maximum absolute atomic E-state index is 11.3. The summed E-state index contributed by atoms with van der Waals surface area (Å²) in [7, 11) is 1.64. The number of aldehydes is 1. The summed E-state index contributed by atoms with van der Waals surface area (Å²) in [4.78, 5) is 11.3. The van der Waals surface area contributed by atoms with E-state index in [-0.39, 0.29) is 5.92 Å². The standard InChI is InChI=1S/C18H28O5/c1-14-11-15(2)17(13-19)16(3)18(12-14)23-10-9-22-8-7-21-6-5-20-4/h11-14H,5-10H2,1-4H3. The van der Waals surface area contributed by atoms with Crippen LogP contribution in [0.1, 0.15) is 20.8 Å². The highest BCUT2D eigenvalue weighted by Crippen LogP contribution is 2.26. The molecule has 0 saturated heterocycles. The van der Waals surface area contributed by atoms with Gasteiger partial charge in [0.15, 0.2) is 6.29 Å². The van der Waals surface area contributed by atoms with Gasteiger partial charge in [0.25, 0.3) is 0 Å². The van der Waals surface area contributed by atoms with Gasteiger partial charge in [-0.05, 0) is 31.4 Å². The fourth-order valence-electron chi connectivity index (χ4n) is 2.34. The molecule has 0 fully saturated rings. The van der Waals surface area contributed by atoms with Crippen LogP contribution in [0, 0.1) is 5.92 Å². The summed E-state index contributed by atoms with van der Waals surface area (Å²) in [5.41, 5.74) is 2.57. The molecule has 0 N–H and O–H groups in total. The van der Waals surface area contributed by atoms with Crippen molar-refractivity contribution in [3.05, 3.63) is 34.6 Å². The summed E-state index contributed by atoms with van der Waals surface area (Å²) in [6.07, 6.45) is 4.99. The van der Waals surface area contributed by atoms with Crippen molar-refractivity contribution in [3.8, 4) is 0 Å². The number of methoxy groups -OCH3 is 1. The van der Waals surface area contributed by atoms with Crippen LogP contribution in [0.5, 0.6) is 0 Å². The largest absolute Gasteiger partial charge is 0.491 e. The molecule has 0 amide bonds. The highest BCUT2D eigenvalue weighted by atomic mass is 16.6. The highest BCUT2D eigenvalue weighted by Gasteiger charge is 2.15. The van der Waals surface area contributed by atoms with Gasteiger partial charge in [-0.2, -0.15) is 0 Å². The third-order valence-electron chi connectivity index (χ3n) is 3.53. The maximum Gasteiger partial charge on any atom is 0.150 e. The van der Waals surface area contributed by atoms with Crippen molar-refractivity contribution in [1.29, 1.82) is 0 Å². The van der Waals surface area contributed by atoms with Crippen molar-refractivity contribution >= 4 is 6.29 Å². The Bertz CT molecular complexity index is 462. The summed E-state index contributed by atoms with van der Waals surface area (Å²) >= 11 is 0. The van der Waals surface area contributed by atoms with E-state index in [2.05, 4.69) is 13.0 Å². The van der Waals surface area contributed by atoms with E-state index in [1.165, 1.54) is 0 Å². The van der Waals surface area contributed by atoms with Gasteiger partial charge in [0, 0.05) is 18.3 Å². The predicted molar refractivity (Wildman–Crippen MR) is 89.2 cm³/mol. The minimum atomic E-state index is 0.229. The molecule has 5 nitrogen and oxygen atoms in total. The topological polar surface area (TPSA) is 54.0 Å². The Morgan fingerprint density at radius 3 is 2.22 bits per heavy atom. The average molecular weight is 324 g/mol. The van der Waals surface area contributed by atoms with Gasteiger partial charge in [0.1, 0.15) is 12.4 Å². The minimum Gasteiger partial charge on any atom is -0.491 e. The fraction of sp³-hybridized carbons (Fsp3) is 0.611. The van der Waals surface area contributed by atoms with Gasteiger partial charge in [0.05, 0.1) is 33.0 Å². The smallest absolute Gasteiger partial charge is 0.150 e. The first-order chi connectivity index (χ1) is 11.1. The Balaban J connectivity index is 2.34. The van der Waals surface area contributed by atoms with Crippen LogP contribution in [0.3, 0.4) is 0 Å². The van der Waals surface area contributed by atoms with Gasteiger partial charge in [0.2, 0.25) is 0 Å². The normalized spacial score (nSPS) is 18.3. The Morgan fingerprint density at radius 1 is 1.00 bits per heavy atom. The Hall–Kier alpha value is -1.43. The summed E-state index contributed by atoms with van der Waals surface area (Å²) < 4.78 is 21.4. The minimum absolute atomic E-state index is 0.229. The number of hydrogen-bond acceptors (Lipinski definition) is 5. The molecule has 1 atom stereocenters. The van der Waals surface area contributed by atoms with Crippen molar-refractivity contribution < 1.29 is 23.7 Å². The monoisotopic (exact) mass is 324 g/mol. The first kappa shape index (κ1) is 19.6. The van der Waals surface area contributed by atoms with Crippen molar-refractivity contribution in [1.82, 2.24) is 0 Å². The number of hydrogen-bond donors (Lipinski definition) is 0. The molecule has 0 heterocycles. The molecular formula is C18H28O5. The second-order valence-electron chi connectivity index (χ2n) is 5.46. The first-order valence-corrected chi connectivity index (χ1v) is 7.94. The number of carbonyl (C=O) groups is 1. The van der Waals surface area contributed by atoms with Crippen LogP contribution in [0.15, 0.2) is 34.6 Å². The van der Waals surface area contributed by atoms with Crippen LogP contribution in [0.2, 0.25) is 0 Å². The van der Waals surface area contributed by atoms with Crippen LogP contribution in [0.4, 0.5) is 0 Å². The zero-order chi connectivity index (χ0) is 17.1. The van der Waals surface area contributed by atoms with E-state index in [9.17, 15) is 4.79 Å². The van der Waals surface area contributed by atoms with E-state index in [4.69, 9.17) is 18.9 Å². The molecule has 1 aliphatic carbocycles. The van der Waals surface area contributed by atoms with Gasteiger partial charge >= 0.3 is 0 Å². The second-order valence-corrected chi connectivity index (χ2v) is 5.46. The lowest BCUT2D eigenvalue weighted by Crippen LogP contribution is -2.11. The zero-order valence-corrected chi connectivity index (χ0v) is 14.6. The molecule has 0 bridgehead atoms. The number of carbonyl (C=O) groups excluding carboxylic acids is 1. The van der Waals surface area contributed by atoms with E-state index < -0.39 is 0 Å². The lowest BCUT2D eigenvalue weighted by molar-refractivity contribution is -0.104. The lowest BCUT2D eigenvalue weighted by Gasteiger charge is -2.13. The van der Waals surface area contributed by atoms with Crippen LogP contribution >= 0.6 is 0 Å². The fourth-order valence-corrected chi connectivity index (χ4v) is 2.34. The summed E-state index contributed by atoms with van der Waals surface area (Å²) in [5.74, 6) is 0.986. The van der Waals surface area contributed by atoms with E-state index >= 15 is 0 Å². The van der Waals surface area contributed by atoms with Crippen LogP contribution in [0.25, 0.3) is 0 Å². The third-order valence-corrected chi connectivity index (χ3v) is 3.53. The molecule has 0 radical (unpaired) electrons. The van der Waals surface area contributed by atoms with Crippen molar-refractivity contribution in [2.45, 2.75) is 20.8 Å². The number of ether oxygens (including phenoxy) is 4. The van der Waals surface area contributed by atoms with Crippen LogP contribution in [-0.4, -0.2) is 53.0 Å². The Labute approximate surface area is 138 Å². The van der Waals surface area contributed by atoms with E-state index in [1.54, 1.807) is 7.11 Å². The van der Waals surface area contributed by atoms with Gasteiger partial charge in [-0.25, -0.2) is 0 Å². The van der Waals surface area contributed by atoms with Gasteiger partial charge in [-0.15, -0.1) is 0 Å². The lowest BCUT2D eigenvalue weighted by atomic mass is 10.0. The van der Waals surface area contributed by atoms with Crippen LogP contribution in [-0.2, 0) is 23.7 Å². The molecule has 1 unspecified atom stereocenters.